The van der Waals surface area contributed by atoms with Crippen molar-refractivity contribution < 1.29 is 43.0 Å². The molecule has 0 aliphatic rings. The fourth-order valence-electron chi connectivity index (χ4n) is 5.37. The number of carbonyl (C=O) groups excluding carboxylic acids is 1. The summed E-state index contributed by atoms with van der Waals surface area (Å²) in [5, 5.41) is 20.6. The molecule has 0 radical (unpaired) electrons. The van der Waals surface area contributed by atoms with Gasteiger partial charge in [-0.1, -0.05) is 120 Å². The first-order chi connectivity index (χ1) is 26.3. The summed E-state index contributed by atoms with van der Waals surface area (Å²) in [6.07, 6.45) is 40.8. The number of hydrogen-bond donors (Lipinski definition) is 4. The van der Waals surface area contributed by atoms with Gasteiger partial charge in [-0.25, -0.2) is 4.57 Å². The summed E-state index contributed by atoms with van der Waals surface area (Å²) in [6.45, 7) is 3.82. The Morgan fingerprint density at radius 2 is 1.17 bits per heavy atom. The lowest BCUT2D eigenvalue weighted by atomic mass is 10.0. The lowest BCUT2D eigenvalue weighted by Crippen LogP contribution is -2.27. The third kappa shape index (κ3) is 36.9. The number of aliphatic hydroxyl groups is 2. The highest BCUT2D eigenvalue weighted by molar-refractivity contribution is 7.47. The third-order valence-electron chi connectivity index (χ3n) is 8.70. The van der Waals surface area contributed by atoms with E-state index in [9.17, 15) is 24.5 Å². The number of nitrogens with two attached hydrogens (primary N) is 1. The highest BCUT2D eigenvalue weighted by atomic mass is 31.2. The molecule has 0 aromatic heterocycles. The van der Waals surface area contributed by atoms with Crippen molar-refractivity contribution in [2.24, 2.45) is 5.73 Å². The summed E-state index contributed by atoms with van der Waals surface area (Å²) in [4.78, 5) is 22.3. The third-order valence-corrected chi connectivity index (χ3v) is 9.68. The van der Waals surface area contributed by atoms with Crippen LogP contribution in [0.15, 0.2) is 60.9 Å². The molecule has 0 aliphatic carbocycles. The largest absolute Gasteiger partial charge is 0.492 e. The number of phosphoric acid groups is 1. The van der Waals surface area contributed by atoms with Gasteiger partial charge in [0.25, 0.3) is 0 Å². The highest BCUT2D eigenvalue weighted by Gasteiger charge is 2.24. The number of allylic oxidation sites excluding steroid dienone is 8. The van der Waals surface area contributed by atoms with E-state index >= 15 is 0 Å². The molecule has 5 N–H and O–H groups in total. The van der Waals surface area contributed by atoms with Crippen LogP contribution in [0.4, 0.5) is 0 Å². The van der Waals surface area contributed by atoms with E-state index < -0.39 is 32.1 Å². The smallest absolute Gasteiger partial charge is 0.472 e. The van der Waals surface area contributed by atoms with E-state index in [1.54, 1.807) is 0 Å². The Balaban J connectivity index is 4.37. The average Bonchev–Trinajstić information content (AvgIpc) is 3.16. The predicted octanol–water partition coefficient (Wildman–Crippen LogP) is 10.5. The van der Waals surface area contributed by atoms with Gasteiger partial charge in [-0.3, -0.25) is 13.8 Å². The molecule has 0 spiro atoms. The van der Waals surface area contributed by atoms with E-state index in [4.69, 9.17) is 24.3 Å². The van der Waals surface area contributed by atoms with Crippen LogP contribution in [0.3, 0.4) is 0 Å². The predicted molar refractivity (Wildman–Crippen MR) is 222 cm³/mol. The van der Waals surface area contributed by atoms with Gasteiger partial charge in [0.1, 0.15) is 6.61 Å². The molecule has 0 amide bonds. The summed E-state index contributed by atoms with van der Waals surface area (Å²) in [5.41, 5.74) is 5.34. The maximum atomic E-state index is 12.4. The first kappa shape index (κ1) is 52.0. The van der Waals surface area contributed by atoms with Crippen molar-refractivity contribution in [3.05, 3.63) is 60.9 Å². The van der Waals surface area contributed by atoms with E-state index in [1.165, 1.54) is 89.7 Å². The number of esters is 1. The SMILES string of the molecule is CCCCC/C=C\C/C=C\C/C=C\CC(O)C(O)CCCC(=O)OC[C@H](COP(=O)(O)OCCN)O/C=C/CCCCCCCC/C=C\CCCCCC. The second-order valence-electron chi connectivity index (χ2n) is 13.9. The maximum absolute atomic E-state index is 12.4. The van der Waals surface area contributed by atoms with Crippen LogP contribution in [-0.2, 0) is 27.9 Å². The lowest BCUT2D eigenvalue weighted by molar-refractivity contribution is -0.147. The van der Waals surface area contributed by atoms with E-state index in [2.05, 4.69) is 50.3 Å². The van der Waals surface area contributed by atoms with Crippen LogP contribution < -0.4 is 5.73 Å². The van der Waals surface area contributed by atoms with Crippen LogP contribution in [0.25, 0.3) is 0 Å². The Kier molecular flexibility index (Phi) is 37.7. The minimum Gasteiger partial charge on any atom is -0.492 e. The van der Waals surface area contributed by atoms with Gasteiger partial charge in [0.05, 0.1) is 31.7 Å². The van der Waals surface area contributed by atoms with Crippen LogP contribution in [0.1, 0.15) is 162 Å². The summed E-state index contributed by atoms with van der Waals surface area (Å²) in [6, 6.07) is 0. The van der Waals surface area contributed by atoms with Gasteiger partial charge in [-0.15, -0.1) is 0 Å². The molecule has 0 aromatic rings. The number of hydrogen-bond acceptors (Lipinski definition) is 9. The van der Waals surface area contributed by atoms with Crippen molar-refractivity contribution in [1.82, 2.24) is 0 Å². The molecule has 10 nitrogen and oxygen atoms in total. The molecule has 54 heavy (non-hydrogen) atoms. The summed E-state index contributed by atoms with van der Waals surface area (Å²) < 4.78 is 33.0. The molecule has 0 bridgehead atoms. The Morgan fingerprint density at radius 1 is 0.648 bits per heavy atom. The zero-order valence-electron chi connectivity index (χ0n) is 33.9. The first-order valence-corrected chi connectivity index (χ1v) is 22.5. The van der Waals surface area contributed by atoms with Gasteiger partial charge in [0.15, 0.2) is 6.10 Å². The Morgan fingerprint density at radius 3 is 1.80 bits per heavy atom. The summed E-state index contributed by atoms with van der Waals surface area (Å²) >= 11 is 0. The molecular formula is C43H78NO9P. The average molecular weight is 784 g/mol. The van der Waals surface area contributed by atoms with Crippen LogP contribution in [0, 0.1) is 0 Å². The van der Waals surface area contributed by atoms with E-state index in [0.717, 1.165) is 38.5 Å². The minimum absolute atomic E-state index is 0.0365. The Bertz CT molecular complexity index is 1050. The molecule has 0 aromatic carbocycles. The normalized spacial score (nSPS) is 15.2. The summed E-state index contributed by atoms with van der Waals surface area (Å²) in [7, 11) is -4.34. The topological polar surface area (TPSA) is 158 Å². The second-order valence-corrected chi connectivity index (χ2v) is 15.3. The molecule has 0 heterocycles. The van der Waals surface area contributed by atoms with Crippen LogP contribution in [-0.4, -0.2) is 65.8 Å². The van der Waals surface area contributed by atoms with Crippen molar-refractivity contribution in [3.63, 3.8) is 0 Å². The van der Waals surface area contributed by atoms with Gasteiger partial charge in [0.2, 0.25) is 0 Å². The van der Waals surface area contributed by atoms with E-state index in [1.807, 2.05) is 18.2 Å². The molecule has 314 valence electrons. The molecule has 3 unspecified atom stereocenters. The van der Waals surface area contributed by atoms with Crippen LogP contribution in [0.2, 0.25) is 0 Å². The zero-order valence-corrected chi connectivity index (χ0v) is 34.8. The van der Waals surface area contributed by atoms with E-state index in [-0.39, 0.29) is 39.2 Å². The van der Waals surface area contributed by atoms with Crippen molar-refractivity contribution in [1.29, 1.82) is 0 Å². The quantitative estimate of drug-likeness (QED) is 0.0155. The molecule has 11 heteroatoms. The van der Waals surface area contributed by atoms with Gasteiger partial charge >= 0.3 is 13.8 Å². The van der Waals surface area contributed by atoms with Crippen molar-refractivity contribution in [2.75, 3.05) is 26.4 Å². The van der Waals surface area contributed by atoms with Crippen molar-refractivity contribution in [2.45, 2.75) is 180 Å². The van der Waals surface area contributed by atoms with Gasteiger partial charge < -0.3 is 30.3 Å². The van der Waals surface area contributed by atoms with Crippen LogP contribution >= 0.6 is 7.82 Å². The maximum Gasteiger partial charge on any atom is 0.472 e. The van der Waals surface area contributed by atoms with E-state index in [0.29, 0.717) is 12.8 Å². The monoisotopic (exact) mass is 784 g/mol. The van der Waals surface area contributed by atoms with Gasteiger partial charge in [-0.05, 0) is 89.5 Å². The molecule has 0 saturated carbocycles. The number of unbranched alkanes of at least 4 members (excludes halogenated alkanes) is 14. The van der Waals surface area contributed by atoms with Crippen LogP contribution in [0.5, 0.6) is 0 Å². The molecule has 0 aliphatic heterocycles. The number of rotatable bonds is 39. The number of carbonyl (C=O) groups is 1. The standard InChI is InChI=1S/C43H78NO9P/c1-3-5-7-9-11-13-15-17-18-19-20-22-24-26-28-30-36-50-40(39-53-54(48,49)52-37-35-44)38-51-43(47)34-31-33-42(46)41(45)32-29-27-25-23-21-16-14-12-10-8-6-4-2/h12-15,21,23,27,29-30,36,40-42,45-46H,3-11,16-20,22,24-26,28,31-35,37-39,44H2,1-2H3,(H,48,49)/b14-12-,15-13-,23-21-,29-27-,36-30+/t40-,41?,42?/m1/s1. The number of aliphatic hydroxyl groups excluding tert-OH is 2. The van der Waals surface area contributed by atoms with Gasteiger partial charge in [-0.2, -0.15) is 0 Å². The van der Waals surface area contributed by atoms with Crippen molar-refractivity contribution in [3.8, 4) is 0 Å². The Labute approximate surface area is 329 Å². The molecule has 0 saturated heterocycles. The highest BCUT2D eigenvalue weighted by Crippen LogP contribution is 2.43. The molecular weight excluding hydrogens is 705 g/mol. The zero-order chi connectivity index (χ0) is 39.8. The molecule has 0 rings (SSSR count). The lowest BCUT2D eigenvalue weighted by Gasteiger charge is -2.19. The first-order valence-electron chi connectivity index (χ1n) is 21.0. The Hall–Kier alpha value is -2.04. The molecule has 4 atom stereocenters. The summed E-state index contributed by atoms with van der Waals surface area (Å²) in [5.74, 6) is -0.512. The fourth-order valence-corrected chi connectivity index (χ4v) is 6.14. The molecule has 0 fully saturated rings. The van der Waals surface area contributed by atoms with Gasteiger partial charge in [0, 0.05) is 13.0 Å². The minimum atomic E-state index is -4.34. The number of ether oxygens (including phenoxy) is 2. The fraction of sp³-hybridized carbons (Fsp3) is 0.744. The number of phosphoric ester groups is 1. The van der Waals surface area contributed by atoms with Crippen molar-refractivity contribution >= 4 is 13.8 Å². The second kappa shape index (κ2) is 39.2.